The minimum absolute atomic E-state index is 0.0705. The van der Waals surface area contributed by atoms with Gasteiger partial charge in [0.05, 0.1) is 11.3 Å². The van der Waals surface area contributed by atoms with E-state index < -0.39 is 35.7 Å². The molecule has 1 aromatic heterocycles. The summed E-state index contributed by atoms with van der Waals surface area (Å²) in [5.74, 6) is -3.57. The molecule has 1 aromatic carbocycles. The molecule has 10 heteroatoms. The normalized spacial score (nSPS) is 17.8. The molecule has 1 fully saturated rings. The highest BCUT2D eigenvalue weighted by Crippen LogP contribution is 2.24. The Bertz CT molecular complexity index is 1120. The quantitative estimate of drug-likeness (QED) is 0.394. The third-order valence-electron chi connectivity index (χ3n) is 5.76. The van der Waals surface area contributed by atoms with Gasteiger partial charge in [-0.2, -0.15) is 0 Å². The van der Waals surface area contributed by atoms with Crippen LogP contribution >= 0.6 is 0 Å². The molecule has 4 N–H and O–H groups in total. The maximum absolute atomic E-state index is 13.5. The number of halogens is 1. The second-order valence-electron chi connectivity index (χ2n) is 7.95. The van der Waals surface area contributed by atoms with E-state index in [1.165, 1.54) is 22.8 Å². The lowest BCUT2D eigenvalue weighted by Gasteiger charge is -2.11. The minimum Gasteiger partial charge on any atom is -0.480 e. The molecule has 3 rings (SSSR count). The van der Waals surface area contributed by atoms with Gasteiger partial charge in [-0.15, -0.1) is 0 Å². The Kier molecular flexibility index (Phi) is 6.45. The molecule has 0 spiro atoms. The van der Waals surface area contributed by atoms with Gasteiger partial charge in [-0.25, -0.2) is 4.39 Å². The number of nitrogens with zero attached hydrogens (tertiary/aromatic N) is 1. The fourth-order valence-corrected chi connectivity index (χ4v) is 3.94. The molecule has 1 aliphatic heterocycles. The molecule has 9 nitrogen and oxygen atoms in total. The average Bonchev–Trinajstić information content (AvgIpc) is 3.27. The van der Waals surface area contributed by atoms with Gasteiger partial charge in [-0.1, -0.05) is 0 Å². The third-order valence-corrected chi connectivity index (χ3v) is 5.76. The van der Waals surface area contributed by atoms with Gasteiger partial charge in [0, 0.05) is 31.0 Å². The SMILES string of the molecule is Cc1cc(NC(=O)c2c(C)c(C(=O)C(=O)N[C@H]3CN[C@H](C(=O)O)C3)n(C)c2C)ccc1F. The number of hydrogen-bond donors (Lipinski definition) is 4. The lowest BCUT2D eigenvalue weighted by Crippen LogP contribution is -2.41. The van der Waals surface area contributed by atoms with Crippen LogP contribution in [-0.4, -0.2) is 51.9 Å². The van der Waals surface area contributed by atoms with E-state index >= 15 is 0 Å². The first-order chi connectivity index (χ1) is 15.0. The van der Waals surface area contributed by atoms with Gasteiger partial charge < -0.3 is 25.6 Å². The summed E-state index contributed by atoms with van der Waals surface area (Å²) >= 11 is 0. The number of carbonyl (C=O) groups excluding carboxylic acids is 3. The molecule has 2 atom stereocenters. The number of carboxylic acids is 1. The van der Waals surface area contributed by atoms with E-state index in [0.29, 0.717) is 22.5 Å². The van der Waals surface area contributed by atoms with Crippen molar-refractivity contribution in [3.63, 3.8) is 0 Å². The summed E-state index contributed by atoms with van der Waals surface area (Å²) in [7, 11) is 1.58. The van der Waals surface area contributed by atoms with Gasteiger partial charge in [0.15, 0.2) is 0 Å². The van der Waals surface area contributed by atoms with Crippen LogP contribution in [0, 0.1) is 26.6 Å². The highest BCUT2D eigenvalue weighted by Gasteiger charge is 2.33. The van der Waals surface area contributed by atoms with Crippen LogP contribution in [0.5, 0.6) is 0 Å². The zero-order valence-electron chi connectivity index (χ0n) is 18.2. The summed E-state index contributed by atoms with van der Waals surface area (Å²) in [5.41, 5.74) is 1.94. The molecule has 0 bridgehead atoms. The number of nitrogens with one attached hydrogen (secondary N) is 3. The Labute approximate surface area is 184 Å². The van der Waals surface area contributed by atoms with E-state index in [4.69, 9.17) is 5.11 Å². The largest absolute Gasteiger partial charge is 0.480 e. The molecule has 1 saturated heterocycles. The number of ketones is 1. The second-order valence-corrected chi connectivity index (χ2v) is 7.95. The monoisotopic (exact) mass is 444 g/mol. The Morgan fingerprint density at radius 3 is 2.47 bits per heavy atom. The molecule has 2 amide bonds. The van der Waals surface area contributed by atoms with Crippen molar-refractivity contribution < 1.29 is 28.7 Å². The molecule has 2 aromatic rings. The molecule has 170 valence electrons. The number of carbonyl (C=O) groups is 4. The van der Waals surface area contributed by atoms with Crippen molar-refractivity contribution in [3.05, 3.63) is 52.1 Å². The molecule has 0 unspecified atom stereocenters. The Morgan fingerprint density at radius 2 is 1.88 bits per heavy atom. The second kappa shape index (κ2) is 8.91. The summed E-state index contributed by atoms with van der Waals surface area (Å²) in [6.07, 6.45) is 0.171. The topological polar surface area (TPSA) is 130 Å². The first-order valence-electron chi connectivity index (χ1n) is 10.1. The van der Waals surface area contributed by atoms with Crippen molar-refractivity contribution in [1.29, 1.82) is 0 Å². The molecular formula is C22H25FN4O5. The molecule has 1 aliphatic rings. The molecule has 2 heterocycles. The van der Waals surface area contributed by atoms with Crippen molar-refractivity contribution in [2.75, 3.05) is 11.9 Å². The van der Waals surface area contributed by atoms with Crippen LogP contribution in [-0.2, 0) is 16.6 Å². The minimum atomic E-state index is -1.02. The number of aliphatic carboxylic acids is 1. The van der Waals surface area contributed by atoms with Crippen molar-refractivity contribution >= 4 is 29.3 Å². The van der Waals surface area contributed by atoms with E-state index in [9.17, 15) is 23.6 Å². The van der Waals surface area contributed by atoms with Gasteiger partial charge in [0.2, 0.25) is 0 Å². The van der Waals surface area contributed by atoms with Crippen molar-refractivity contribution in [1.82, 2.24) is 15.2 Å². The van der Waals surface area contributed by atoms with E-state index in [2.05, 4.69) is 16.0 Å². The Hall–Kier alpha value is -3.53. The zero-order valence-corrected chi connectivity index (χ0v) is 18.2. The van der Waals surface area contributed by atoms with Crippen molar-refractivity contribution in [3.8, 4) is 0 Å². The number of aryl methyl sites for hydroxylation is 1. The lowest BCUT2D eigenvalue weighted by molar-refractivity contribution is -0.139. The first-order valence-corrected chi connectivity index (χ1v) is 10.1. The highest BCUT2D eigenvalue weighted by atomic mass is 19.1. The predicted molar refractivity (Wildman–Crippen MR) is 114 cm³/mol. The molecule has 0 radical (unpaired) electrons. The number of anilines is 1. The van der Waals surface area contributed by atoms with Crippen LogP contribution < -0.4 is 16.0 Å². The van der Waals surface area contributed by atoms with E-state index in [-0.39, 0.29) is 30.0 Å². The number of carboxylic acid groups (broad SMARTS) is 1. The summed E-state index contributed by atoms with van der Waals surface area (Å²) in [6.45, 7) is 5.06. The zero-order chi connectivity index (χ0) is 23.7. The molecule has 0 saturated carbocycles. The summed E-state index contributed by atoms with van der Waals surface area (Å²) in [4.78, 5) is 49.4. The first kappa shape index (κ1) is 23.1. The van der Waals surface area contributed by atoms with Gasteiger partial charge in [0.1, 0.15) is 11.9 Å². The standard InChI is InChI=1S/C22H25FN4O5/c1-10-7-13(5-6-15(10)23)25-20(29)17-11(2)18(27(4)12(17)3)19(28)21(30)26-14-8-16(22(31)32)24-9-14/h5-7,14,16,24H,8-9H2,1-4H3,(H,25,29)(H,26,30)(H,31,32)/t14-,16+/m1/s1. The van der Waals surface area contributed by atoms with Crippen LogP contribution in [0.25, 0.3) is 0 Å². The molecule has 32 heavy (non-hydrogen) atoms. The summed E-state index contributed by atoms with van der Waals surface area (Å²) in [5, 5.41) is 17.1. The number of aromatic nitrogens is 1. The van der Waals surface area contributed by atoms with Gasteiger partial charge >= 0.3 is 5.97 Å². The maximum Gasteiger partial charge on any atom is 0.320 e. The van der Waals surface area contributed by atoms with E-state index in [1.54, 1.807) is 27.8 Å². The highest BCUT2D eigenvalue weighted by molar-refractivity contribution is 6.43. The number of amides is 2. The van der Waals surface area contributed by atoms with Crippen molar-refractivity contribution in [2.24, 2.45) is 7.05 Å². The Morgan fingerprint density at radius 1 is 1.19 bits per heavy atom. The number of Topliss-reactive ketones (excluding diaryl/α,β-unsaturated/α-hetero) is 1. The van der Waals surface area contributed by atoms with Gasteiger partial charge in [-0.05, 0) is 56.5 Å². The molecule has 0 aliphatic carbocycles. The predicted octanol–water partition coefficient (Wildman–Crippen LogP) is 1.46. The molecular weight excluding hydrogens is 419 g/mol. The fraction of sp³-hybridized carbons (Fsp3) is 0.364. The average molecular weight is 444 g/mol. The van der Waals surface area contributed by atoms with Gasteiger partial charge in [0.25, 0.3) is 17.6 Å². The Balaban J connectivity index is 1.79. The van der Waals surface area contributed by atoms with Crippen LogP contribution in [0.4, 0.5) is 10.1 Å². The summed E-state index contributed by atoms with van der Waals surface area (Å²) in [6, 6.07) is 2.92. The number of rotatable bonds is 6. The van der Waals surface area contributed by atoms with Crippen LogP contribution in [0.3, 0.4) is 0 Å². The third kappa shape index (κ3) is 4.40. The van der Waals surface area contributed by atoms with Crippen LogP contribution in [0.15, 0.2) is 18.2 Å². The maximum atomic E-state index is 13.5. The summed E-state index contributed by atoms with van der Waals surface area (Å²) < 4.78 is 15.0. The van der Waals surface area contributed by atoms with Crippen molar-refractivity contribution in [2.45, 2.75) is 39.3 Å². The van der Waals surface area contributed by atoms with Crippen LogP contribution in [0.2, 0.25) is 0 Å². The van der Waals surface area contributed by atoms with Gasteiger partial charge in [-0.3, -0.25) is 19.2 Å². The fourth-order valence-electron chi connectivity index (χ4n) is 3.94. The lowest BCUT2D eigenvalue weighted by atomic mass is 10.1. The van der Waals surface area contributed by atoms with Crippen LogP contribution in [0.1, 0.15) is 44.1 Å². The number of benzene rings is 1. The number of hydrogen-bond acceptors (Lipinski definition) is 5. The smallest absolute Gasteiger partial charge is 0.320 e. The van der Waals surface area contributed by atoms with E-state index in [0.717, 1.165) is 0 Å². The van der Waals surface area contributed by atoms with E-state index in [1.807, 2.05) is 0 Å².